The molecular formula is C16H20F2N2O. The Kier molecular flexibility index (Phi) is 3.93. The zero-order valence-electron chi connectivity index (χ0n) is 11.8. The smallest absolute Gasteiger partial charge is 0.255 e. The molecule has 0 aliphatic heterocycles. The number of hydrogen-bond donors (Lipinski definition) is 1. The number of carbonyl (C=O) groups excluding carboxylic acids is 1. The number of amides is 1. The van der Waals surface area contributed by atoms with E-state index in [0.717, 1.165) is 12.8 Å². The van der Waals surface area contributed by atoms with Crippen LogP contribution in [0, 0.1) is 11.8 Å². The Morgan fingerprint density at radius 3 is 2.86 bits per heavy atom. The summed E-state index contributed by atoms with van der Waals surface area (Å²) in [5, 5.41) is 0. The van der Waals surface area contributed by atoms with Crippen LogP contribution in [0.3, 0.4) is 0 Å². The number of fused-ring (bicyclic) bond motifs is 3. The summed E-state index contributed by atoms with van der Waals surface area (Å²) in [6, 6.07) is 8.16. The fraction of sp³-hybridized carbons (Fsp3) is 0.562. The van der Waals surface area contributed by atoms with Crippen molar-refractivity contribution < 1.29 is 13.6 Å². The number of aryl methyl sites for hydroxylation is 1. The molecule has 5 heteroatoms. The maximum absolute atomic E-state index is 12.6. The first-order valence-electron chi connectivity index (χ1n) is 7.48. The summed E-state index contributed by atoms with van der Waals surface area (Å²) < 4.78 is 25.3. The predicted octanol–water partition coefficient (Wildman–Crippen LogP) is 2.01. The highest BCUT2D eigenvalue weighted by atomic mass is 19.3. The van der Waals surface area contributed by atoms with Crippen molar-refractivity contribution in [3.63, 3.8) is 0 Å². The van der Waals surface area contributed by atoms with E-state index in [1.807, 2.05) is 12.1 Å². The van der Waals surface area contributed by atoms with Gasteiger partial charge in [0.05, 0.1) is 6.54 Å². The monoisotopic (exact) mass is 294 g/mol. The van der Waals surface area contributed by atoms with Crippen molar-refractivity contribution in [1.29, 1.82) is 0 Å². The summed E-state index contributed by atoms with van der Waals surface area (Å²) in [5.41, 5.74) is 7.98. The van der Waals surface area contributed by atoms with Gasteiger partial charge in [-0.05, 0) is 35.8 Å². The van der Waals surface area contributed by atoms with Crippen LogP contribution >= 0.6 is 0 Å². The normalized spacial score (nSPS) is 26.2. The lowest BCUT2D eigenvalue weighted by Crippen LogP contribution is -2.40. The quantitative estimate of drug-likeness (QED) is 0.903. The van der Waals surface area contributed by atoms with Crippen LogP contribution in [0.4, 0.5) is 8.78 Å². The standard InChI is InChI=1S/C16H20F2N2O/c17-13(18)9-20(8-7-19)16(21)15-12-6-5-10-3-1-2-4-11(10)14(12)15/h1-4,12-15H,5-9,19H2. The van der Waals surface area contributed by atoms with Gasteiger partial charge in [-0.1, -0.05) is 24.3 Å². The van der Waals surface area contributed by atoms with Crippen molar-refractivity contribution >= 4 is 5.91 Å². The minimum Gasteiger partial charge on any atom is -0.335 e. The van der Waals surface area contributed by atoms with Gasteiger partial charge in [-0.25, -0.2) is 8.78 Å². The van der Waals surface area contributed by atoms with Crippen molar-refractivity contribution in [2.75, 3.05) is 19.6 Å². The minimum absolute atomic E-state index is 0.126. The molecule has 0 spiro atoms. The Bertz CT molecular complexity index is 535. The van der Waals surface area contributed by atoms with Gasteiger partial charge in [0.1, 0.15) is 0 Å². The SMILES string of the molecule is NCCN(CC(F)F)C(=O)C1C2CCc3ccccc3C21. The number of nitrogens with two attached hydrogens (primary N) is 1. The molecule has 3 nitrogen and oxygen atoms in total. The third-order valence-electron chi connectivity index (χ3n) is 4.68. The van der Waals surface area contributed by atoms with Gasteiger partial charge in [0.2, 0.25) is 5.91 Å². The number of nitrogens with zero attached hydrogens (tertiary/aromatic N) is 1. The second kappa shape index (κ2) is 5.72. The van der Waals surface area contributed by atoms with Gasteiger partial charge in [0.15, 0.2) is 0 Å². The van der Waals surface area contributed by atoms with Crippen LogP contribution in [-0.4, -0.2) is 36.9 Å². The molecule has 114 valence electrons. The first-order valence-corrected chi connectivity index (χ1v) is 7.48. The minimum atomic E-state index is -2.51. The van der Waals surface area contributed by atoms with Crippen molar-refractivity contribution in [2.24, 2.45) is 17.6 Å². The van der Waals surface area contributed by atoms with E-state index in [9.17, 15) is 13.6 Å². The molecule has 3 atom stereocenters. The molecule has 21 heavy (non-hydrogen) atoms. The van der Waals surface area contributed by atoms with Gasteiger partial charge in [-0.15, -0.1) is 0 Å². The third-order valence-corrected chi connectivity index (χ3v) is 4.68. The molecule has 2 aliphatic rings. The zero-order valence-corrected chi connectivity index (χ0v) is 11.8. The van der Waals surface area contributed by atoms with Crippen molar-refractivity contribution in [3.05, 3.63) is 35.4 Å². The van der Waals surface area contributed by atoms with Crippen LogP contribution in [0.25, 0.3) is 0 Å². The summed E-state index contributed by atoms with van der Waals surface area (Å²) >= 11 is 0. The molecule has 1 saturated carbocycles. The van der Waals surface area contributed by atoms with Gasteiger partial charge in [-0.2, -0.15) is 0 Å². The van der Waals surface area contributed by atoms with Crippen molar-refractivity contribution in [1.82, 2.24) is 4.90 Å². The number of alkyl halides is 2. The van der Waals surface area contributed by atoms with Crippen LogP contribution in [0.5, 0.6) is 0 Å². The maximum Gasteiger partial charge on any atom is 0.255 e. The molecule has 0 radical (unpaired) electrons. The molecule has 1 aromatic rings. The average Bonchev–Trinajstić information content (AvgIpc) is 3.20. The number of benzene rings is 1. The van der Waals surface area contributed by atoms with Crippen LogP contribution in [0.2, 0.25) is 0 Å². The predicted molar refractivity (Wildman–Crippen MR) is 76.1 cm³/mol. The fourth-order valence-corrected chi connectivity index (χ4v) is 3.73. The topological polar surface area (TPSA) is 46.3 Å². The summed E-state index contributed by atoms with van der Waals surface area (Å²) in [7, 11) is 0. The molecule has 3 rings (SSSR count). The van der Waals surface area contributed by atoms with Crippen LogP contribution in [-0.2, 0) is 11.2 Å². The van der Waals surface area contributed by atoms with E-state index in [0.29, 0.717) is 5.92 Å². The molecule has 0 bridgehead atoms. The molecule has 2 N–H and O–H groups in total. The molecule has 0 saturated heterocycles. The van der Waals surface area contributed by atoms with Gasteiger partial charge in [0.25, 0.3) is 6.43 Å². The van der Waals surface area contributed by atoms with Gasteiger partial charge in [0, 0.05) is 19.0 Å². The van der Waals surface area contributed by atoms with Crippen LogP contribution < -0.4 is 5.73 Å². The number of carbonyl (C=O) groups is 1. The summed E-state index contributed by atoms with van der Waals surface area (Å²) in [5.74, 6) is 0.275. The third kappa shape index (κ3) is 2.67. The van der Waals surface area contributed by atoms with E-state index in [4.69, 9.17) is 5.73 Å². The molecule has 0 aromatic heterocycles. The maximum atomic E-state index is 12.6. The molecule has 3 unspecified atom stereocenters. The molecule has 1 aromatic carbocycles. The highest BCUT2D eigenvalue weighted by Gasteiger charge is 2.57. The first-order chi connectivity index (χ1) is 10.1. The number of hydrogen-bond acceptors (Lipinski definition) is 2. The second-order valence-electron chi connectivity index (χ2n) is 5.92. The lowest BCUT2D eigenvalue weighted by Gasteiger charge is -2.21. The van der Waals surface area contributed by atoms with E-state index in [1.165, 1.54) is 16.0 Å². The van der Waals surface area contributed by atoms with Crippen molar-refractivity contribution in [3.8, 4) is 0 Å². The van der Waals surface area contributed by atoms with E-state index in [1.54, 1.807) is 0 Å². The number of halogens is 2. The Morgan fingerprint density at radius 1 is 1.38 bits per heavy atom. The second-order valence-corrected chi connectivity index (χ2v) is 5.92. The fourth-order valence-electron chi connectivity index (χ4n) is 3.73. The molecule has 2 aliphatic carbocycles. The largest absolute Gasteiger partial charge is 0.335 e. The Hall–Kier alpha value is -1.49. The van der Waals surface area contributed by atoms with Gasteiger partial charge >= 0.3 is 0 Å². The summed E-state index contributed by atoms with van der Waals surface area (Å²) in [6.45, 7) is -0.0779. The summed E-state index contributed by atoms with van der Waals surface area (Å²) in [4.78, 5) is 13.8. The number of rotatable bonds is 5. The molecular weight excluding hydrogens is 274 g/mol. The highest BCUT2D eigenvalue weighted by molar-refractivity contribution is 5.84. The Balaban J connectivity index is 1.75. The lowest BCUT2D eigenvalue weighted by atomic mass is 9.92. The first kappa shape index (κ1) is 14.4. The molecule has 0 heterocycles. The van der Waals surface area contributed by atoms with E-state index in [-0.39, 0.29) is 30.8 Å². The van der Waals surface area contributed by atoms with E-state index in [2.05, 4.69) is 12.1 Å². The van der Waals surface area contributed by atoms with Crippen LogP contribution in [0.15, 0.2) is 24.3 Å². The van der Waals surface area contributed by atoms with Gasteiger partial charge in [-0.3, -0.25) is 4.79 Å². The average molecular weight is 294 g/mol. The van der Waals surface area contributed by atoms with Crippen molar-refractivity contribution in [2.45, 2.75) is 25.2 Å². The lowest BCUT2D eigenvalue weighted by molar-refractivity contribution is -0.134. The molecule has 1 amide bonds. The van der Waals surface area contributed by atoms with E-state index < -0.39 is 13.0 Å². The van der Waals surface area contributed by atoms with Crippen LogP contribution in [0.1, 0.15) is 23.5 Å². The zero-order chi connectivity index (χ0) is 15.0. The molecule has 1 fully saturated rings. The Morgan fingerprint density at radius 2 is 2.14 bits per heavy atom. The summed E-state index contributed by atoms with van der Waals surface area (Å²) in [6.07, 6.45) is -0.552. The van der Waals surface area contributed by atoms with Gasteiger partial charge < -0.3 is 10.6 Å². The Labute approximate surface area is 123 Å². The van der Waals surface area contributed by atoms with E-state index >= 15 is 0 Å². The highest BCUT2D eigenvalue weighted by Crippen LogP contribution is 2.60.